The van der Waals surface area contributed by atoms with Crippen LogP contribution in [0.5, 0.6) is 0 Å². The summed E-state index contributed by atoms with van der Waals surface area (Å²) >= 11 is 3.66. The van der Waals surface area contributed by atoms with Gasteiger partial charge in [-0.2, -0.15) is 23.5 Å². The van der Waals surface area contributed by atoms with Crippen LogP contribution in [0.4, 0.5) is 0 Å². The zero-order valence-corrected chi connectivity index (χ0v) is 28.7. The average Bonchev–Trinajstić information content (AvgIpc) is 2.85. The summed E-state index contributed by atoms with van der Waals surface area (Å²) in [5.74, 6) is 2.53. The maximum Gasteiger partial charge on any atom is 0.102 e. The highest BCUT2D eigenvalue weighted by Crippen LogP contribution is 2.31. The van der Waals surface area contributed by atoms with Gasteiger partial charge in [-0.15, -0.1) is 0 Å². The van der Waals surface area contributed by atoms with Crippen LogP contribution in [0, 0.1) is 5.41 Å². The molecule has 9 heteroatoms. The molecule has 0 saturated heterocycles. The van der Waals surface area contributed by atoms with E-state index in [4.69, 9.17) is 18.9 Å². The van der Waals surface area contributed by atoms with Gasteiger partial charge in [-0.25, -0.2) is 0 Å². The number of thioether (sulfide) groups is 2. The Labute approximate surface area is 251 Å². The summed E-state index contributed by atoms with van der Waals surface area (Å²) in [6.45, 7) is 22.9. The van der Waals surface area contributed by atoms with E-state index in [-0.39, 0.29) is 11.0 Å². The third-order valence-corrected chi connectivity index (χ3v) is 10.2. The van der Waals surface area contributed by atoms with E-state index in [1.165, 1.54) is 0 Å². The lowest BCUT2D eigenvalue weighted by Crippen LogP contribution is -2.36. The predicted molar refractivity (Wildman–Crippen MR) is 173 cm³/mol. The minimum Gasteiger partial charge on any atom is -0.392 e. The molecule has 0 aromatic heterocycles. The van der Waals surface area contributed by atoms with Gasteiger partial charge in [0, 0.05) is 28.4 Å². The van der Waals surface area contributed by atoms with Gasteiger partial charge in [0.05, 0.1) is 63.1 Å². The Hall–Kier alpha value is 0.525. The normalized spacial score (nSPS) is 16.3. The molecule has 0 aromatic rings. The molecule has 0 aliphatic carbocycles. The van der Waals surface area contributed by atoms with E-state index in [0.29, 0.717) is 50.0 Å². The lowest BCUT2D eigenvalue weighted by molar-refractivity contribution is -0.101. The molecule has 0 rings (SSSR count). The Morgan fingerprint density at radius 1 is 0.718 bits per heavy atom. The molecule has 6 nitrogen and oxygen atoms in total. The topological polar surface area (TPSA) is 77.4 Å². The zero-order valence-electron chi connectivity index (χ0n) is 27.1. The Kier molecular flexibility index (Phi) is 20.7. The molecule has 0 aliphatic rings. The summed E-state index contributed by atoms with van der Waals surface area (Å²) in [6, 6.07) is 0. The molecule has 0 saturated carbocycles. The molecule has 0 aliphatic heterocycles. The van der Waals surface area contributed by atoms with Gasteiger partial charge in [0.1, 0.15) is 7.85 Å². The van der Waals surface area contributed by atoms with Gasteiger partial charge in [-0.05, 0) is 52.4 Å². The summed E-state index contributed by atoms with van der Waals surface area (Å²) in [7, 11) is 2.18. The third-order valence-electron chi connectivity index (χ3n) is 7.65. The fourth-order valence-corrected chi connectivity index (χ4v) is 5.71. The number of rotatable bonds is 26. The molecular weight excluding hydrogens is 531 g/mol. The largest absolute Gasteiger partial charge is 0.392 e. The fourth-order valence-electron chi connectivity index (χ4n) is 3.96. The lowest BCUT2D eigenvalue weighted by atomic mass is 9.72. The Morgan fingerprint density at radius 3 is 1.90 bits per heavy atom. The van der Waals surface area contributed by atoms with E-state index in [2.05, 4.69) is 42.5 Å². The number of ether oxygens (including phenoxy) is 4. The number of aliphatic hydroxyl groups excluding tert-OH is 2. The maximum atomic E-state index is 10.5. The van der Waals surface area contributed by atoms with E-state index in [9.17, 15) is 10.2 Å². The van der Waals surface area contributed by atoms with Crippen molar-refractivity contribution in [1.82, 2.24) is 0 Å². The predicted octanol–water partition coefficient (Wildman–Crippen LogP) is 5.62. The molecule has 39 heavy (non-hydrogen) atoms. The summed E-state index contributed by atoms with van der Waals surface area (Å²) in [5, 5.41) is 21.0. The molecule has 0 spiro atoms. The first kappa shape index (κ1) is 39.5. The maximum absolute atomic E-state index is 10.5. The van der Waals surface area contributed by atoms with Crippen molar-refractivity contribution >= 4 is 31.4 Å². The zero-order chi connectivity index (χ0) is 30.0. The molecule has 2 N–H and O–H groups in total. The van der Waals surface area contributed by atoms with Gasteiger partial charge in [0.15, 0.2) is 0 Å². The van der Waals surface area contributed by atoms with Gasteiger partial charge in [-0.1, -0.05) is 47.4 Å². The third kappa shape index (κ3) is 21.8. The minimum atomic E-state index is -0.453. The Balaban J connectivity index is 3.94. The van der Waals surface area contributed by atoms with Crippen LogP contribution in [-0.4, -0.2) is 103 Å². The van der Waals surface area contributed by atoms with Crippen molar-refractivity contribution in [2.24, 2.45) is 5.41 Å². The van der Waals surface area contributed by atoms with E-state index < -0.39 is 17.8 Å². The summed E-state index contributed by atoms with van der Waals surface area (Å²) in [5.41, 5.74) is -0.639. The van der Waals surface area contributed by atoms with E-state index >= 15 is 0 Å². The van der Waals surface area contributed by atoms with Crippen molar-refractivity contribution in [1.29, 1.82) is 0 Å². The smallest absolute Gasteiger partial charge is 0.102 e. The van der Waals surface area contributed by atoms with Crippen molar-refractivity contribution < 1.29 is 29.2 Å². The van der Waals surface area contributed by atoms with Crippen molar-refractivity contribution in [2.45, 2.75) is 129 Å². The first-order valence-electron chi connectivity index (χ1n) is 15.1. The SMILES string of the molecule is BCC(C)(CC)CC(O)COC(C)(C)CCOC(C)(C)CC(O)CSCCOCCOCCSC(C)(C)CC. The second kappa shape index (κ2) is 20.4. The molecule has 0 heterocycles. The van der Waals surface area contributed by atoms with Crippen molar-refractivity contribution in [3.63, 3.8) is 0 Å². The molecule has 3 atom stereocenters. The monoisotopic (exact) mass is 594 g/mol. The second-order valence-electron chi connectivity index (χ2n) is 12.9. The number of aliphatic hydroxyl groups is 2. The van der Waals surface area contributed by atoms with Gasteiger partial charge < -0.3 is 29.2 Å². The van der Waals surface area contributed by atoms with Gasteiger partial charge in [-0.3, -0.25) is 0 Å². The van der Waals surface area contributed by atoms with Crippen molar-refractivity contribution in [3.8, 4) is 0 Å². The highest BCUT2D eigenvalue weighted by Gasteiger charge is 2.28. The van der Waals surface area contributed by atoms with E-state index in [1.54, 1.807) is 11.8 Å². The summed E-state index contributed by atoms with van der Waals surface area (Å²) in [6.07, 6.45) is 4.45. The summed E-state index contributed by atoms with van der Waals surface area (Å²) < 4.78 is 23.8. The quantitative estimate of drug-likeness (QED) is 0.0987. The van der Waals surface area contributed by atoms with Crippen LogP contribution in [-0.2, 0) is 18.9 Å². The molecule has 0 radical (unpaired) electrons. The molecule has 0 bridgehead atoms. The van der Waals surface area contributed by atoms with Crippen molar-refractivity contribution in [2.75, 3.05) is 56.9 Å². The van der Waals surface area contributed by atoms with Crippen LogP contribution >= 0.6 is 23.5 Å². The van der Waals surface area contributed by atoms with Crippen LogP contribution < -0.4 is 0 Å². The molecule has 234 valence electrons. The van der Waals surface area contributed by atoms with Gasteiger partial charge >= 0.3 is 0 Å². The Bertz CT molecular complexity index is 602. The van der Waals surface area contributed by atoms with Gasteiger partial charge in [0.25, 0.3) is 0 Å². The van der Waals surface area contributed by atoms with Gasteiger partial charge in [0.2, 0.25) is 0 Å². The standard InChI is InChI=1S/C30H63BO6S2/c1-10-29(7,8)39-19-17-35-15-14-34-16-18-38-23-26(33)20-28(5,6)36-13-12-27(3,4)37-22-25(32)21-30(9,11-2)24-31/h25-26,32-33H,10-24,31H2,1-9H3. The van der Waals surface area contributed by atoms with Crippen LogP contribution in [0.15, 0.2) is 0 Å². The number of hydrogen-bond acceptors (Lipinski definition) is 8. The van der Waals surface area contributed by atoms with E-state index in [0.717, 1.165) is 50.1 Å². The highest BCUT2D eigenvalue weighted by molar-refractivity contribution is 8.00. The van der Waals surface area contributed by atoms with Crippen LogP contribution in [0.3, 0.4) is 0 Å². The molecular formula is C30H63BO6S2. The minimum absolute atomic E-state index is 0.159. The highest BCUT2D eigenvalue weighted by atomic mass is 32.2. The molecule has 0 fully saturated rings. The van der Waals surface area contributed by atoms with Crippen LogP contribution in [0.25, 0.3) is 0 Å². The Morgan fingerprint density at radius 2 is 1.33 bits per heavy atom. The first-order valence-corrected chi connectivity index (χ1v) is 17.2. The summed E-state index contributed by atoms with van der Waals surface area (Å²) in [4.78, 5) is 0. The van der Waals surface area contributed by atoms with Crippen LogP contribution in [0.1, 0.15) is 94.4 Å². The fraction of sp³-hybridized carbons (Fsp3) is 1.00. The molecule has 0 amide bonds. The van der Waals surface area contributed by atoms with Crippen molar-refractivity contribution in [3.05, 3.63) is 0 Å². The first-order chi connectivity index (χ1) is 18.1. The van der Waals surface area contributed by atoms with Crippen LogP contribution in [0.2, 0.25) is 6.32 Å². The lowest BCUT2D eigenvalue weighted by Gasteiger charge is -2.33. The average molecular weight is 595 g/mol. The molecule has 3 unspecified atom stereocenters. The van der Waals surface area contributed by atoms with E-state index in [1.807, 2.05) is 39.5 Å². The second-order valence-corrected chi connectivity index (χ2v) is 15.9. The number of hydrogen-bond donors (Lipinski definition) is 2. The molecule has 0 aromatic carbocycles.